The molecule has 0 bridgehead atoms. The number of allylic oxidation sites excluding steroid dienone is 4. The van der Waals surface area contributed by atoms with Gasteiger partial charge in [0.1, 0.15) is 19.3 Å². The molecule has 0 fully saturated rings. The average molecular weight is 815 g/mol. The van der Waals surface area contributed by atoms with E-state index in [-0.39, 0.29) is 25.4 Å². The molecule has 0 aromatic rings. The largest absolute Gasteiger partial charge is 0.472 e. The number of quaternary nitrogens is 1. The van der Waals surface area contributed by atoms with Gasteiger partial charge in [-0.05, 0) is 70.6 Å². The van der Waals surface area contributed by atoms with E-state index < -0.39 is 32.6 Å². The zero-order chi connectivity index (χ0) is 41.6. The van der Waals surface area contributed by atoms with Crippen LogP contribution in [0.3, 0.4) is 0 Å². The topological polar surface area (TPSA) is 108 Å². The molecule has 56 heavy (non-hydrogen) atoms. The van der Waals surface area contributed by atoms with Gasteiger partial charge in [-0.25, -0.2) is 4.57 Å². The number of phosphoric ester groups is 1. The van der Waals surface area contributed by atoms with Crippen LogP contribution in [-0.2, 0) is 32.7 Å². The Morgan fingerprint density at radius 2 is 0.946 bits per heavy atom. The predicted molar refractivity (Wildman–Crippen MR) is 234 cm³/mol. The highest BCUT2D eigenvalue weighted by atomic mass is 31.2. The van der Waals surface area contributed by atoms with Crippen LogP contribution in [0.1, 0.15) is 207 Å². The zero-order valence-corrected chi connectivity index (χ0v) is 38.2. The van der Waals surface area contributed by atoms with E-state index in [1.54, 1.807) is 0 Å². The highest BCUT2D eigenvalue weighted by Crippen LogP contribution is 2.45. The Hall–Kier alpha value is -1.51. The molecular weight excluding hydrogens is 725 g/mol. The number of hydrogen-bond acceptors (Lipinski definition) is 7. The molecule has 0 aliphatic rings. The molecule has 0 saturated carbocycles. The molecule has 9 nitrogen and oxygen atoms in total. The van der Waals surface area contributed by atoms with Crippen LogP contribution in [0, 0.1) is 0 Å². The first kappa shape index (κ1) is 54.5. The first-order chi connectivity index (χ1) is 26.9. The second-order valence-electron chi connectivity index (χ2n) is 16.8. The molecule has 1 N–H and O–H groups in total. The van der Waals surface area contributed by atoms with E-state index >= 15 is 0 Å². The Kier molecular flexibility index (Phi) is 36.7. The van der Waals surface area contributed by atoms with Gasteiger partial charge in [0.2, 0.25) is 0 Å². The summed E-state index contributed by atoms with van der Waals surface area (Å²) < 4.78 is 35.2. The van der Waals surface area contributed by atoms with Crippen LogP contribution in [0.25, 0.3) is 0 Å². The maximum Gasteiger partial charge on any atom is 0.472 e. The van der Waals surface area contributed by atoms with Gasteiger partial charge in [0, 0.05) is 12.8 Å². The number of ether oxygens (including phenoxy) is 2. The monoisotopic (exact) mass is 815 g/mol. The number of unbranched alkanes of at least 4 members (excludes halogenated alkanes) is 22. The molecule has 0 aliphatic carbocycles. The van der Waals surface area contributed by atoms with Crippen molar-refractivity contribution >= 4 is 19.8 Å². The van der Waals surface area contributed by atoms with E-state index in [9.17, 15) is 19.0 Å². The average Bonchev–Trinajstić information content (AvgIpc) is 3.14. The summed E-state index contributed by atoms with van der Waals surface area (Å²) in [5.74, 6) is -0.812. The number of likely N-dealkylation sites (N-methyl/N-ethyl adjacent to an activating group) is 1. The SMILES string of the molecule is CCCCCCCC/C=C/CCCCCCCC(=O)OC[C@H](COP(=O)(O)OC(CC)C[N+](C)(C)C)OC(=O)CCCCCCC/C=C/CCCCCCCC. The number of phosphoric acid groups is 1. The molecule has 0 amide bonds. The highest BCUT2D eigenvalue weighted by molar-refractivity contribution is 7.47. The van der Waals surface area contributed by atoms with Crippen LogP contribution < -0.4 is 0 Å². The summed E-state index contributed by atoms with van der Waals surface area (Å²) in [5, 5.41) is 0. The second kappa shape index (κ2) is 37.7. The third-order valence-electron chi connectivity index (χ3n) is 9.93. The molecule has 0 radical (unpaired) electrons. The Labute approximate surface area is 345 Å². The zero-order valence-electron chi connectivity index (χ0n) is 37.3. The molecule has 0 heterocycles. The Morgan fingerprint density at radius 3 is 1.36 bits per heavy atom. The standard InChI is InChI=1S/C46H88NO8P/c1-7-10-12-14-16-18-20-22-24-26-28-30-32-34-36-38-45(48)52-41-44(42-53-56(50,51)55-43(9-3)40-47(4,5)6)54-46(49)39-37-35-33-31-29-27-25-23-21-19-17-15-13-11-8-2/h22-25,43-44H,7-21,26-42H2,1-6H3/p+1/b24-22+,25-23+/t43?,44-/m1/s1. The molecule has 10 heteroatoms. The van der Waals surface area contributed by atoms with Gasteiger partial charge in [-0.15, -0.1) is 0 Å². The smallest absolute Gasteiger partial charge is 0.462 e. The quantitative estimate of drug-likeness (QED) is 0.0214. The van der Waals surface area contributed by atoms with E-state index in [2.05, 4.69) is 38.2 Å². The van der Waals surface area contributed by atoms with Gasteiger partial charge in [-0.2, -0.15) is 0 Å². The van der Waals surface area contributed by atoms with Crippen molar-refractivity contribution in [3.8, 4) is 0 Å². The Balaban J connectivity index is 4.55. The number of esters is 2. The summed E-state index contributed by atoms with van der Waals surface area (Å²) in [4.78, 5) is 35.8. The first-order valence-electron chi connectivity index (χ1n) is 23.0. The lowest BCUT2D eigenvalue weighted by molar-refractivity contribution is -0.873. The molecule has 0 aromatic carbocycles. The van der Waals surface area contributed by atoms with Gasteiger partial charge in [-0.3, -0.25) is 18.6 Å². The summed E-state index contributed by atoms with van der Waals surface area (Å²) in [6.45, 7) is 6.26. The van der Waals surface area contributed by atoms with Crippen molar-refractivity contribution in [2.45, 2.75) is 219 Å². The first-order valence-corrected chi connectivity index (χ1v) is 24.5. The molecule has 330 valence electrons. The van der Waals surface area contributed by atoms with Crippen molar-refractivity contribution in [3.05, 3.63) is 24.3 Å². The van der Waals surface area contributed by atoms with Gasteiger partial charge in [-0.1, -0.05) is 148 Å². The van der Waals surface area contributed by atoms with E-state index in [0.29, 0.717) is 23.9 Å². The summed E-state index contributed by atoms with van der Waals surface area (Å²) in [5.41, 5.74) is 0. The predicted octanol–water partition coefficient (Wildman–Crippen LogP) is 13.1. The number of carbonyl (C=O) groups is 2. The van der Waals surface area contributed by atoms with E-state index in [1.165, 1.54) is 89.9 Å². The lowest BCUT2D eigenvalue weighted by Crippen LogP contribution is -2.42. The van der Waals surface area contributed by atoms with Crippen LogP contribution in [0.2, 0.25) is 0 Å². The Bertz CT molecular complexity index is 1030. The molecular formula is C46H89NO8P+. The minimum atomic E-state index is -4.45. The molecule has 2 unspecified atom stereocenters. The third kappa shape index (κ3) is 39.3. The molecule has 0 aliphatic heterocycles. The normalized spacial score (nSPS) is 14.3. The number of carbonyl (C=O) groups excluding carboxylic acids is 2. The lowest BCUT2D eigenvalue weighted by Gasteiger charge is -2.29. The van der Waals surface area contributed by atoms with Crippen molar-refractivity contribution in [2.75, 3.05) is 40.9 Å². The summed E-state index contributed by atoms with van der Waals surface area (Å²) in [6.07, 6.45) is 39.3. The summed E-state index contributed by atoms with van der Waals surface area (Å²) in [6, 6.07) is 0. The van der Waals surface area contributed by atoms with E-state index in [1.807, 2.05) is 28.1 Å². The van der Waals surface area contributed by atoms with Crippen molar-refractivity contribution < 1.29 is 42.1 Å². The van der Waals surface area contributed by atoms with Gasteiger partial charge in [0.15, 0.2) is 6.10 Å². The fourth-order valence-electron chi connectivity index (χ4n) is 6.54. The maximum atomic E-state index is 12.8. The molecule has 0 spiro atoms. The fourth-order valence-corrected chi connectivity index (χ4v) is 7.55. The molecule has 0 rings (SSSR count). The lowest BCUT2D eigenvalue weighted by atomic mass is 10.1. The second-order valence-corrected chi connectivity index (χ2v) is 18.2. The number of rotatable bonds is 41. The highest BCUT2D eigenvalue weighted by Gasteiger charge is 2.31. The summed E-state index contributed by atoms with van der Waals surface area (Å²) >= 11 is 0. The van der Waals surface area contributed by atoms with Gasteiger partial charge in [0.05, 0.1) is 27.7 Å². The summed E-state index contributed by atoms with van der Waals surface area (Å²) in [7, 11) is 1.49. The molecule has 3 atom stereocenters. The van der Waals surface area contributed by atoms with Crippen molar-refractivity contribution in [2.24, 2.45) is 0 Å². The van der Waals surface area contributed by atoms with Crippen LogP contribution in [0.5, 0.6) is 0 Å². The number of nitrogens with zero attached hydrogens (tertiary/aromatic N) is 1. The molecule has 0 aromatic heterocycles. The van der Waals surface area contributed by atoms with Crippen molar-refractivity contribution in [1.29, 1.82) is 0 Å². The third-order valence-corrected chi connectivity index (χ3v) is 11.0. The maximum absolute atomic E-state index is 12.8. The van der Waals surface area contributed by atoms with E-state index in [0.717, 1.165) is 70.6 Å². The fraction of sp³-hybridized carbons (Fsp3) is 0.870. The minimum Gasteiger partial charge on any atom is -0.462 e. The van der Waals surface area contributed by atoms with Crippen LogP contribution in [0.15, 0.2) is 24.3 Å². The van der Waals surface area contributed by atoms with Gasteiger partial charge < -0.3 is 18.9 Å². The van der Waals surface area contributed by atoms with Crippen LogP contribution in [-0.4, -0.2) is 74.4 Å². The van der Waals surface area contributed by atoms with E-state index in [4.69, 9.17) is 18.5 Å². The van der Waals surface area contributed by atoms with Crippen LogP contribution >= 0.6 is 7.82 Å². The van der Waals surface area contributed by atoms with Crippen LogP contribution in [0.4, 0.5) is 0 Å². The van der Waals surface area contributed by atoms with Gasteiger partial charge >= 0.3 is 19.8 Å². The minimum absolute atomic E-state index is 0.228. The van der Waals surface area contributed by atoms with Crippen molar-refractivity contribution in [1.82, 2.24) is 0 Å². The number of hydrogen-bond donors (Lipinski definition) is 1. The molecule has 0 saturated heterocycles. The van der Waals surface area contributed by atoms with Gasteiger partial charge in [0.25, 0.3) is 0 Å². The Morgan fingerprint density at radius 1 is 0.554 bits per heavy atom. The van der Waals surface area contributed by atoms with Crippen molar-refractivity contribution in [3.63, 3.8) is 0 Å².